The summed E-state index contributed by atoms with van der Waals surface area (Å²) in [5.74, 6) is 0.702. The molecule has 3 unspecified atom stereocenters. The van der Waals surface area contributed by atoms with Crippen LogP contribution in [0.15, 0.2) is 24.3 Å². The lowest BCUT2D eigenvalue weighted by Crippen LogP contribution is -2.25. The van der Waals surface area contributed by atoms with E-state index in [9.17, 15) is 10.2 Å². The maximum Gasteiger partial charge on any atom is 0.121 e. The third-order valence-corrected chi connectivity index (χ3v) is 2.36. The van der Waals surface area contributed by atoms with Crippen LogP contribution in [-0.2, 0) is 0 Å². The highest BCUT2D eigenvalue weighted by molar-refractivity contribution is 5.28. The Hall–Kier alpha value is -1.06. The summed E-state index contributed by atoms with van der Waals surface area (Å²) in [6, 6.07) is 7.21. The Bertz CT molecular complexity index is 290. The molecule has 0 aliphatic heterocycles. The standard InChI is InChI=1S/C12H18O3/c1-8(13)10(3)15-12-6-4-11(5-7-12)9(2)14/h4-10,13-14H,1-3H3. The molecule has 0 fully saturated rings. The molecule has 0 saturated carbocycles. The first-order chi connectivity index (χ1) is 7.00. The van der Waals surface area contributed by atoms with E-state index in [4.69, 9.17) is 4.74 Å². The van der Waals surface area contributed by atoms with E-state index in [0.29, 0.717) is 5.75 Å². The molecule has 15 heavy (non-hydrogen) atoms. The van der Waals surface area contributed by atoms with Crippen molar-refractivity contribution < 1.29 is 14.9 Å². The second kappa shape index (κ2) is 5.14. The van der Waals surface area contributed by atoms with Gasteiger partial charge in [0.05, 0.1) is 12.2 Å². The minimum atomic E-state index is -0.499. The van der Waals surface area contributed by atoms with Crippen molar-refractivity contribution >= 4 is 0 Å². The van der Waals surface area contributed by atoms with Crippen LogP contribution < -0.4 is 4.74 Å². The predicted molar refractivity (Wildman–Crippen MR) is 58.8 cm³/mol. The Kier molecular flexibility index (Phi) is 4.12. The van der Waals surface area contributed by atoms with Crippen LogP contribution in [0.25, 0.3) is 0 Å². The largest absolute Gasteiger partial charge is 0.488 e. The van der Waals surface area contributed by atoms with Crippen molar-refractivity contribution in [3.63, 3.8) is 0 Å². The summed E-state index contributed by atoms with van der Waals surface area (Å²) in [6.45, 7) is 5.22. The van der Waals surface area contributed by atoms with Crippen LogP contribution in [0.2, 0.25) is 0 Å². The fourth-order valence-electron chi connectivity index (χ4n) is 1.14. The molecule has 0 aromatic heterocycles. The molecule has 0 radical (unpaired) electrons. The zero-order chi connectivity index (χ0) is 11.4. The molecule has 0 spiro atoms. The fourth-order valence-corrected chi connectivity index (χ4v) is 1.14. The predicted octanol–water partition coefficient (Wildman–Crippen LogP) is 1.89. The number of ether oxygens (including phenoxy) is 1. The molecular formula is C12H18O3. The average molecular weight is 210 g/mol. The lowest BCUT2D eigenvalue weighted by molar-refractivity contribution is 0.0604. The molecule has 3 nitrogen and oxygen atoms in total. The second-order valence-corrected chi connectivity index (χ2v) is 3.81. The van der Waals surface area contributed by atoms with E-state index in [-0.39, 0.29) is 6.10 Å². The normalized spacial score (nSPS) is 16.9. The molecule has 3 atom stereocenters. The van der Waals surface area contributed by atoms with Gasteiger partial charge in [0.25, 0.3) is 0 Å². The number of hydrogen-bond acceptors (Lipinski definition) is 3. The Morgan fingerprint density at radius 1 is 1.00 bits per heavy atom. The highest BCUT2D eigenvalue weighted by Gasteiger charge is 2.10. The fraction of sp³-hybridized carbons (Fsp3) is 0.500. The van der Waals surface area contributed by atoms with Gasteiger partial charge in [0.15, 0.2) is 0 Å². The summed E-state index contributed by atoms with van der Waals surface area (Å²) < 4.78 is 5.48. The first-order valence-electron chi connectivity index (χ1n) is 5.13. The van der Waals surface area contributed by atoms with Gasteiger partial charge in [0.1, 0.15) is 11.9 Å². The van der Waals surface area contributed by atoms with Gasteiger partial charge in [-0.3, -0.25) is 0 Å². The van der Waals surface area contributed by atoms with Crippen LogP contribution in [0.1, 0.15) is 32.4 Å². The number of hydrogen-bond donors (Lipinski definition) is 2. The monoisotopic (exact) mass is 210 g/mol. The van der Waals surface area contributed by atoms with Crippen LogP contribution in [0, 0.1) is 0 Å². The highest BCUT2D eigenvalue weighted by atomic mass is 16.5. The third-order valence-electron chi connectivity index (χ3n) is 2.36. The molecule has 1 aromatic rings. The third kappa shape index (κ3) is 3.53. The molecule has 1 aromatic carbocycles. The number of aliphatic hydroxyl groups is 2. The lowest BCUT2D eigenvalue weighted by atomic mass is 10.1. The molecule has 1 rings (SSSR count). The number of benzene rings is 1. The summed E-state index contributed by atoms with van der Waals surface area (Å²) in [6.07, 6.45) is -1.20. The van der Waals surface area contributed by atoms with Gasteiger partial charge >= 0.3 is 0 Å². The van der Waals surface area contributed by atoms with Gasteiger partial charge in [-0.2, -0.15) is 0 Å². The number of aliphatic hydroxyl groups excluding tert-OH is 2. The maximum absolute atomic E-state index is 9.30. The zero-order valence-corrected chi connectivity index (χ0v) is 9.34. The van der Waals surface area contributed by atoms with E-state index in [1.807, 2.05) is 19.1 Å². The van der Waals surface area contributed by atoms with Gasteiger partial charge in [-0.05, 0) is 38.5 Å². The Balaban J connectivity index is 2.64. The summed E-state index contributed by atoms with van der Waals surface area (Å²) >= 11 is 0. The Labute approximate surface area is 90.3 Å². The van der Waals surface area contributed by atoms with Crippen molar-refractivity contribution in [3.05, 3.63) is 29.8 Å². The van der Waals surface area contributed by atoms with Gasteiger partial charge in [0.2, 0.25) is 0 Å². The van der Waals surface area contributed by atoms with Crippen molar-refractivity contribution in [1.29, 1.82) is 0 Å². The topological polar surface area (TPSA) is 49.7 Å². The number of rotatable bonds is 4. The van der Waals surface area contributed by atoms with Gasteiger partial charge in [0, 0.05) is 0 Å². The first kappa shape index (κ1) is 12.0. The Morgan fingerprint density at radius 3 is 1.93 bits per heavy atom. The summed E-state index contributed by atoms with van der Waals surface area (Å²) in [4.78, 5) is 0. The minimum absolute atomic E-state index is 0.234. The molecule has 0 amide bonds. The van der Waals surface area contributed by atoms with E-state index < -0.39 is 12.2 Å². The molecule has 3 heteroatoms. The van der Waals surface area contributed by atoms with Gasteiger partial charge in [-0.15, -0.1) is 0 Å². The van der Waals surface area contributed by atoms with Gasteiger partial charge in [-0.25, -0.2) is 0 Å². The SMILES string of the molecule is CC(O)c1ccc(OC(C)C(C)O)cc1. The molecule has 0 heterocycles. The molecular weight excluding hydrogens is 192 g/mol. The minimum Gasteiger partial charge on any atom is -0.488 e. The lowest BCUT2D eigenvalue weighted by Gasteiger charge is -2.17. The molecule has 0 bridgehead atoms. The van der Waals surface area contributed by atoms with Crippen molar-refractivity contribution in [2.24, 2.45) is 0 Å². The van der Waals surface area contributed by atoms with Crippen LogP contribution in [0.5, 0.6) is 5.75 Å². The van der Waals surface area contributed by atoms with Crippen LogP contribution >= 0.6 is 0 Å². The molecule has 0 saturated heterocycles. The van der Waals surface area contributed by atoms with Crippen molar-refractivity contribution in [1.82, 2.24) is 0 Å². The average Bonchev–Trinajstić information content (AvgIpc) is 2.18. The van der Waals surface area contributed by atoms with Crippen LogP contribution in [0.4, 0.5) is 0 Å². The first-order valence-corrected chi connectivity index (χ1v) is 5.13. The smallest absolute Gasteiger partial charge is 0.121 e. The Morgan fingerprint density at radius 2 is 1.53 bits per heavy atom. The zero-order valence-electron chi connectivity index (χ0n) is 9.34. The van der Waals surface area contributed by atoms with Crippen molar-refractivity contribution in [2.45, 2.75) is 39.1 Å². The van der Waals surface area contributed by atoms with Crippen molar-refractivity contribution in [3.8, 4) is 5.75 Å². The van der Waals surface area contributed by atoms with Crippen LogP contribution in [0.3, 0.4) is 0 Å². The molecule has 0 aliphatic carbocycles. The van der Waals surface area contributed by atoms with E-state index in [1.54, 1.807) is 26.0 Å². The van der Waals surface area contributed by atoms with Crippen LogP contribution in [-0.4, -0.2) is 22.4 Å². The van der Waals surface area contributed by atoms with E-state index in [1.165, 1.54) is 0 Å². The quantitative estimate of drug-likeness (QED) is 0.797. The maximum atomic E-state index is 9.30. The van der Waals surface area contributed by atoms with Crippen molar-refractivity contribution in [2.75, 3.05) is 0 Å². The summed E-state index contributed by atoms with van der Waals surface area (Å²) in [5.41, 5.74) is 0.854. The molecule has 84 valence electrons. The molecule has 0 aliphatic rings. The highest BCUT2D eigenvalue weighted by Crippen LogP contribution is 2.18. The van der Waals surface area contributed by atoms with Gasteiger partial charge in [-0.1, -0.05) is 12.1 Å². The second-order valence-electron chi connectivity index (χ2n) is 3.81. The van der Waals surface area contributed by atoms with E-state index in [2.05, 4.69) is 0 Å². The van der Waals surface area contributed by atoms with Gasteiger partial charge < -0.3 is 14.9 Å². The molecule has 2 N–H and O–H groups in total. The summed E-state index contributed by atoms with van der Waals surface area (Å²) in [5, 5.41) is 18.6. The van der Waals surface area contributed by atoms with E-state index in [0.717, 1.165) is 5.56 Å². The summed E-state index contributed by atoms with van der Waals surface area (Å²) in [7, 11) is 0. The van der Waals surface area contributed by atoms with E-state index >= 15 is 0 Å².